The van der Waals surface area contributed by atoms with Crippen molar-refractivity contribution in [3.8, 4) is 17.1 Å². The van der Waals surface area contributed by atoms with Gasteiger partial charge in [-0.05, 0) is 55.5 Å². The Labute approximate surface area is 297 Å². The first-order chi connectivity index (χ1) is 24.8. The Bertz CT molecular complexity index is 2310. The Balaban J connectivity index is 1.17. The van der Waals surface area contributed by atoms with Crippen molar-refractivity contribution >= 4 is 34.9 Å². The summed E-state index contributed by atoms with van der Waals surface area (Å²) in [6.45, 7) is 3.21. The van der Waals surface area contributed by atoms with Crippen molar-refractivity contribution in [1.82, 2.24) is 38.8 Å². The van der Waals surface area contributed by atoms with Gasteiger partial charge >= 0.3 is 6.18 Å². The van der Waals surface area contributed by atoms with Crippen LogP contribution in [-0.4, -0.2) is 82.1 Å². The summed E-state index contributed by atoms with van der Waals surface area (Å²) in [6, 6.07) is 5.65. The summed E-state index contributed by atoms with van der Waals surface area (Å²) in [5.41, 5.74) is -0.461. The van der Waals surface area contributed by atoms with Crippen molar-refractivity contribution in [2.24, 2.45) is 0 Å². The van der Waals surface area contributed by atoms with E-state index in [9.17, 15) is 32.7 Å². The maximum absolute atomic E-state index is 14.5. The molecule has 1 atom stereocenters. The molecule has 0 unspecified atom stereocenters. The summed E-state index contributed by atoms with van der Waals surface area (Å²) in [5.74, 6) is -1.15. The summed E-state index contributed by atoms with van der Waals surface area (Å²) in [6.07, 6.45) is 1.58. The number of amides is 2. The van der Waals surface area contributed by atoms with Gasteiger partial charge in [-0.1, -0.05) is 18.5 Å². The predicted molar refractivity (Wildman–Crippen MR) is 179 cm³/mol. The lowest BCUT2D eigenvalue weighted by atomic mass is 9.73. The van der Waals surface area contributed by atoms with E-state index in [2.05, 4.69) is 20.5 Å². The van der Waals surface area contributed by atoms with Gasteiger partial charge < -0.3 is 24.6 Å². The highest BCUT2D eigenvalue weighted by Crippen LogP contribution is 2.50. The molecule has 6 heterocycles. The molecule has 0 radical (unpaired) electrons. The third-order valence-electron chi connectivity index (χ3n) is 10.2. The molecule has 5 aromatic rings. The lowest BCUT2D eigenvalue weighted by Crippen LogP contribution is -2.46. The number of halogens is 4. The van der Waals surface area contributed by atoms with Gasteiger partial charge in [-0.15, -0.1) is 5.10 Å². The molecule has 4 aromatic heterocycles. The fraction of sp³-hybridized carbons (Fsp3) is 0.382. The van der Waals surface area contributed by atoms with Gasteiger partial charge in [-0.3, -0.25) is 19.1 Å². The zero-order valence-corrected chi connectivity index (χ0v) is 28.4. The van der Waals surface area contributed by atoms with Gasteiger partial charge in [-0.25, -0.2) is 4.98 Å². The summed E-state index contributed by atoms with van der Waals surface area (Å²) < 4.78 is 49.6. The number of piperidine rings is 1. The molecule has 52 heavy (non-hydrogen) atoms. The van der Waals surface area contributed by atoms with Crippen LogP contribution in [0, 0.1) is 0 Å². The number of nitrogens with one attached hydrogen (secondary N) is 1. The molecule has 1 aromatic carbocycles. The van der Waals surface area contributed by atoms with E-state index < -0.39 is 34.5 Å². The number of hydrogen-bond acceptors (Lipinski definition) is 9. The molecule has 14 nitrogen and oxygen atoms in total. The Morgan fingerprint density at radius 3 is 2.62 bits per heavy atom. The Hall–Kier alpha value is -5.29. The summed E-state index contributed by atoms with van der Waals surface area (Å²) >= 11 is 6.15. The van der Waals surface area contributed by atoms with E-state index in [1.165, 1.54) is 22.8 Å². The molecule has 1 spiro atoms. The highest BCUT2D eigenvalue weighted by molar-refractivity contribution is 6.33. The number of nitrogens with zero attached hydrogens (tertiary/aromatic N) is 8. The van der Waals surface area contributed by atoms with Crippen LogP contribution in [0.2, 0.25) is 5.02 Å². The number of likely N-dealkylation sites (tertiary alicyclic amines) is 1. The van der Waals surface area contributed by atoms with Crippen LogP contribution >= 0.6 is 11.6 Å². The number of carbonyl (C=O) groups is 2. The maximum Gasteiger partial charge on any atom is 0.416 e. The molecule has 2 N–H and O–H groups in total. The first kappa shape index (κ1) is 33.8. The van der Waals surface area contributed by atoms with Crippen molar-refractivity contribution in [2.45, 2.75) is 56.3 Å². The lowest BCUT2D eigenvalue weighted by molar-refractivity contribution is -0.137. The van der Waals surface area contributed by atoms with Crippen LogP contribution in [0.1, 0.15) is 65.5 Å². The van der Waals surface area contributed by atoms with Gasteiger partial charge in [0.15, 0.2) is 11.5 Å². The van der Waals surface area contributed by atoms with Crippen molar-refractivity contribution in [3.05, 3.63) is 86.8 Å². The number of carbonyl (C=O) groups excluding carboxylic acids is 2. The first-order valence-electron chi connectivity index (χ1n) is 16.6. The molecule has 2 aliphatic heterocycles. The number of fused-ring (bicyclic) bond motifs is 3. The third-order valence-corrected chi connectivity index (χ3v) is 10.5. The minimum Gasteiger partial charge on any atom is -0.505 e. The number of pyridine rings is 1. The second-order valence-electron chi connectivity index (χ2n) is 13.5. The smallest absolute Gasteiger partial charge is 0.416 e. The molecule has 1 aliphatic carbocycles. The number of hydrogen-bond donors (Lipinski definition) is 2. The summed E-state index contributed by atoms with van der Waals surface area (Å²) in [7, 11) is 0. The molecule has 8 rings (SSSR count). The van der Waals surface area contributed by atoms with Gasteiger partial charge in [0.1, 0.15) is 12.3 Å². The molecule has 270 valence electrons. The van der Waals surface area contributed by atoms with Crippen molar-refractivity contribution < 1.29 is 32.6 Å². The highest BCUT2D eigenvalue weighted by Gasteiger charge is 2.49. The Morgan fingerprint density at radius 1 is 1.17 bits per heavy atom. The van der Waals surface area contributed by atoms with E-state index >= 15 is 0 Å². The SMILES string of the molecule is C[C@@H]1CC2(CCN(C(=O)c3ncccc3O)CC2)c2c1n(CC(=O)Nc1ccc(C(F)(F)F)cc1Cl)c1nc(-c3cnn(C4COC4)c3)nn1c2=O. The maximum atomic E-state index is 14.5. The topological polar surface area (TPSA) is 162 Å². The number of rotatable bonds is 6. The minimum atomic E-state index is -4.61. The second kappa shape index (κ2) is 12.4. The fourth-order valence-corrected chi connectivity index (χ4v) is 7.83. The van der Waals surface area contributed by atoms with Crippen LogP contribution in [0.5, 0.6) is 5.75 Å². The highest BCUT2D eigenvalue weighted by atomic mass is 35.5. The van der Waals surface area contributed by atoms with Crippen LogP contribution in [-0.2, 0) is 27.7 Å². The van der Waals surface area contributed by atoms with E-state index in [1.54, 1.807) is 26.5 Å². The number of benzene rings is 1. The van der Waals surface area contributed by atoms with E-state index in [1.807, 2.05) is 6.92 Å². The van der Waals surface area contributed by atoms with Gasteiger partial charge in [0.25, 0.3) is 11.5 Å². The summed E-state index contributed by atoms with van der Waals surface area (Å²) in [4.78, 5) is 51.8. The van der Waals surface area contributed by atoms with Gasteiger partial charge in [0.2, 0.25) is 11.7 Å². The van der Waals surface area contributed by atoms with Crippen LogP contribution < -0.4 is 10.9 Å². The van der Waals surface area contributed by atoms with Crippen LogP contribution in [0.4, 0.5) is 18.9 Å². The molecule has 2 amide bonds. The number of ether oxygens (including phenoxy) is 1. The zero-order chi connectivity index (χ0) is 36.5. The zero-order valence-electron chi connectivity index (χ0n) is 27.6. The van der Waals surface area contributed by atoms with E-state index in [-0.39, 0.29) is 65.3 Å². The number of aromatic hydroxyl groups is 1. The van der Waals surface area contributed by atoms with Gasteiger partial charge in [0, 0.05) is 42.2 Å². The molecule has 0 bridgehead atoms. The normalized spacial score (nSPS) is 18.5. The van der Waals surface area contributed by atoms with Crippen LogP contribution in [0.25, 0.3) is 17.2 Å². The average molecular weight is 738 g/mol. The number of alkyl halides is 3. The van der Waals surface area contributed by atoms with E-state index in [4.69, 9.17) is 21.3 Å². The fourth-order valence-electron chi connectivity index (χ4n) is 7.61. The molecular formula is C34H31ClF3N9O5. The number of aromatic nitrogens is 7. The monoisotopic (exact) mass is 737 g/mol. The lowest BCUT2D eigenvalue weighted by Gasteiger charge is -2.39. The molecule has 18 heteroatoms. The Morgan fingerprint density at radius 2 is 1.94 bits per heavy atom. The quantitative estimate of drug-likeness (QED) is 0.257. The molecule has 0 saturated carbocycles. The first-order valence-corrected chi connectivity index (χ1v) is 17.0. The molecule has 3 aliphatic rings. The van der Waals surface area contributed by atoms with E-state index in [0.717, 1.165) is 18.2 Å². The van der Waals surface area contributed by atoms with Crippen LogP contribution in [0.3, 0.4) is 0 Å². The average Bonchev–Trinajstić information content (AvgIpc) is 3.80. The van der Waals surface area contributed by atoms with Gasteiger partial charge in [0.05, 0.1) is 47.3 Å². The molecule has 2 fully saturated rings. The number of anilines is 1. The predicted octanol–water partition coefficient (Wildman–Crippen LogP) is 4.42. The largest absolute Gasteiger partial charge is 0.505 e. The van der Waals surface area contributed by atoms with Crippen molar-refractivity contribution in [1.29, 1.82) is 0 Å². The van der Waals surface area contributed by atoms with Crippen LogP contribution in [0.15, 0.2) is 53.7 Å². The second-order valence-corrected chi connectivity index (χ2v) is 13.9. The van der Waals surface area contributed by atoms with Crippen molar-refractivity contribution in [3.63, 3.8) is 0 Å². The van der Waals surface area contributed by atoms with Crippen molar-refractivity contribution in [2.75, 3.05) is 31.6 Å². The molecular weight excluding hydrogens is 707 g/mol. The minimum absolute atomic E-state index is 0.0107. The van der Waals surface area contributed by atoms with Gasteiger partial charge in [-0.2, -0.15) is 27.8 Å². The molecule has 2 saturated heterocycles. The summed E-state index contributed by atoms with van der Waals surface area (Å²) in [5, 5.41) is 21.6. The standard InChI is InChI=1S/C34H31ClF3N9O5/c1-18-12-33(6-9-44(10-7-33)31(51)27-24(48)3-2-8-39-27)26-28(18)45(15-25(49)41-23-5-4-20(11-22(23)35)34(36,37)38)32-42-29(43-47(32)30(26)50)19-13-40-46(14-19)21-16-52-17-21/h2-5,8,11,13-14,18,21,48H,6-7,9-10,12,15-17H2,1H3,(H,41,49)/t18-/m1/s1. The Kier molecular flexibility index (Phi) is 8.09. The third kappa shape index (κ3) is 5.67. The van der Waals surface area contributed by atoms with E-state index in [0.29, 0.717) is 49.3 Å².